The van der Waals surface area contributed by atoms with Crippen LogP contribution in [-0.4, -0.2) is 18.5 Å². The summed E-state index contributed by atoms with van der Waals surface area (Å²) in [4.78, 5) is 11.6. The van der Waals surface area contributed by atoms with Gasteiger partial charge in [-0.3, -0.25) is 4.79 Å². The van der Waals surface area contributed by atoms with Crippen LogP contribution in [-0.2, 0) is 9.53 Å². The summed E-state index contributed by atoms with van der Waals surface area (Å²) in [6.07, 6.45) is 12.0. The van der Waals surface area contributed by atoms with Crippen LogP contribution in [0.3, 0.4) is 0 Å². The highest BCUT2D eigenvalue weighted by Gasteiger charge is 2.31. The highest BCUT2D eigenvalue weighted by molar-refractivity contribution is 5.98. The summed E-state index contributed by atoms with van der Waals surface area (Å²) in [5.74, 6) is 3.03. The zero-order chi connectivity index (χ0) is 10.7. The maximum absolute atomic E-state index is 11.6. The average molecular weight is 204 g/mol. The molecule has 0 aromatic carbocycles. The third-order valence-electron chi connectivity index (χ3n) is 3.18. The predicted molar refractivity (Wildman–Crippen MR) is 58.2 cm³/mol. The molecule has 2 nitrogen and oxygen atoms in total. The Kier molecular flexibility index (Phi) is 3.23. The zero-order valence-electron chi connectivity index (χ0n) is 8.87. The van der Waals surface area contributed by atoms with E-state index < -0.39 is 0 Å². The second-order valence-electron chi connectivity index (χ2n) is 4.27. The molecule has 1 heterocycles. The van der Waals surface area contributed by atoms with E-state index in [0.717, 1.165) is 25.0 Å². The maximum Gasteiger partial charge on any atom is 0.160 e. The molecular weight excluding hydrogens is 188 g/mol. The Morgan fingerprint density at radius 3 is 3.07 bits per heavy atom. The smallest absolute Gasteiger partial charge is 0.160 e. The van der Waals surface area contributed by atoms with Gasteiger partial charge in [-0.25, -0.2) is 0 Å². The number of Topliss-reactive ketones (excluding diaryl/α,β-unsaturated/α-hetero) is 1. The summed E-state index contributed by atoms with van der Waals surface area (Å²) in [6.45, 7) is 0.841. The molecule has 1 fully saturated rings. The van der Waals surface area contributed by atoms with Crippen molar-refractivity contribution < 1.29 is 9.53 Å². The molecule has 0 aromatic heterocycles. The Morgan fingerprint density at radius 2 is 2.40 bits per heavy atom. The highest BCUT2D eigenvalue weighted by atomic mass is 16.5. The molecule has 2 atom stereocenters. The van der Waals surface area contributed by atoms with Gasteiger partial charge in [-0.05, 0) is 19.3 Å². The van der Waals surface area contributed by atoms with Crippen molar-refractivity contribution in [3.63, 3.8) is 0 Å². The molecule has 0 amide bonds. The van der Waals surface area contributed by atoms with Crippen LogP contribution in [0.2, 0.25) is 0 Å². The molecule has 1 saturated heterocycles. The zero-order valence-corrected chi connectivity index (χ0v) is 8.87. The van der Waals surface area contributed by atoms with Crippen molar-refractivity contribution in [1.82, 2.24) is 0 Å². The molecule has 0 saturated carbocycles. The number of ketones is 1. The van der Waals surface area contributed by atoms with E-state index in [0.29, 0.717) is 12.8 Å². The number of rotatable bonds is 2. The van der Waals surface area contributed by atoms with Gasteiger partial charge in [0.25, 0.3) is 0 Å². The first kappa shape index (κ1) is 10.4. The molecule has 15 heavy (non-hydrogen) atoms. The quantitative estimate of drug-likeness (QED) is 0.644. The number of carbonyl (C=O) groups excluding carboxylic acids is 1. The van der Waals surface area contributed by atoms with Crippen molar-refractivity contribution in [3.05, 3.63) is 11.6 Å². The summed E-state index contributed by atoms with van der Waals surface area (Å²) in [7, 11) is 0. The van der Waals surface area contributed by atoms with E-state index in [9.17, 15) is 4.79 Å². The fourth-order valence-corrected chi connectivity index (χ4v) is 2.36. The number of hydrogen-bond acceptors (Lipinski definition) is 2. The van der Waals surface area contributed by atoms with Crippen molar-refractivity contribution in [2.45, 2.75) is 38.2 Å². The topological polar surface area (TPSA) is 26.3 Å². The van der Waals surface area contributed by atoms with Crippen LogP contribution in [0.1, 0.15) is 32.1 Å². The van der Waals surface area contributed by atoms with Crippen LogP contribution < -0.4 is 0 Å². The lowest BCUT2D eigenvalue weighted by Crippen LogP contribution is -2.26. The SMILES string of the molecule is C#CCC1=C[C@H]([C@H]2CCCCO2)CC1=O. The number of ether oxygens (including phenoxy) is 1. The highest BCUT2D eigenvalue weighted by Crippen LogP contribution is 2.31. The largest absolute Gasteiger partial charge is 0.378 e. The lowest BCUT2D eigenvalue weighted by atomic mass is 9.95. The van der Waals surface area contributed by atoms with Gasteiger partial charge in [0.1, 0.15) is 0 Å². The number of hydrogen-bond donors (Lipinski definition) is 0. The Hall–Kier alpha value is -1.07. The third kappa shape index (κ3) is 2.30. The van der Waals surface area contributed by atoms with Gasteiger partial charge < -0.3 is 4.74 Å². The van der Waals surface area contributed by atoms with Crippen LogP contribution >= 0.6 is 0 Å². The summed E-state index contributed by atoms with van der Waals surface area (Å²) >= 11 is 0. The summed E-state index contributed by atoms with van der Waals surface area (Å²) < 4.78 is 5.69. The van der Waals surface area contributed by atoms with E-state index in [2.05, 4.69) is 5.92 Å². The van der Waals surface area contributed by atoms with Crippen LogP contribution in [0.5, 0.6) is 0 Å². The number of terminal acetylenes is 1. The minimum atomic E-state index is 0.215. The molecule has 0 bridgehead atoms. The first-order chi connectivity index (χ1) is 7.31. The molecular formula is C13H16O2. The van der Waals surface area contributed by atoms with Crippen LogP contribution in [0.15, 0.2) is 11.6 Å². The van der Waals surface area contributed by atoms with E-state index in [1.165, 1.54) is 6.42 Å². The van der Waals surface area contributed by atoms with Gasteiger partial charge >= 0.3 is 0 Å². The third-order valence-corrected chi connectivity index (χ3v) is 3.18. The molecule has 0 N–H and O–H groups in total. The molecule has 0 radical (unpaired) electrons. The minimum Gasteiger partial charge on any atom is -0.378 e. The minimum absolute atomic E-state index is 0.215. The molecule has 2 rings (SSSR count). The van der Waals surface area contributed by atoms with E-state index >= 15 is 0 Å². The lowest BCUT2D eigenvalue weighted by Gasteiger charge is -2.26. The first-order valence-electron chi connectivity index (χ1n) is 5.60. The van der Waals surface area contributed by atoms with Gasteiger partial charge in [0.2, 0.25) is 0 Å². The molecule has 0 unspecified atom stereocenters. The molecule has 1 aliphatic heterocycles. The standard InChI is InChI=1S/C13H16O2/c1-2-5-10-8-11(9-12(10)14)13-6-3-4-7-15-13/h1,8,11,13H,3-7,9H2/t11-,13+/m0/s1. The molecule has 80 valence electrons. The van der Waals surface area contributed by atoms with Crippen LogP contribution in [0.4, 0.5) is 0 Å². The van der Waals surface area contributed by atoms with Crippen molar-refractivity contribution >= 4 is 5.78 Å². The Balaban J connectivity index is 2.00. The van der Waals surface area contributed by atoms with Gasteiger partial charge in [0.15, 0.2) is 5.78 Å². The molecule has 0 aromatic rings. The van der Waals surface area contributed by atoms with Crippen LogP contribution in [0, 0.1) is 18.3 Å². The molecule has 0 spiro atoms. The first-order valence-corrected chi connectivity index (χ1v) is 5.60. The van der Waals surface area contributed by atoms with Gasteiger partial charge in [0.05, 0.1) is 6.10 Å². The average Bonchev–Trinajstić information content (AvgIpc) is 2.63. The Bertz CT molecular complexity index is 316. The van der Waals surface area contributed by atoms with Crippen molar-refractivity contribution in [3.8, 4) is 12.3 Å². The summed E-state index contributed by atoms with van der Waals surface area (Å²) in [5.41, 5.74) is 0.816. The van der Waals surface area contributed by atoms with Gasteiger partial charge in [-0.1, -0.05) is 6.08 Å². The van der Waals surface area contributed by atoms with Gasteiger partial charge in [-0.15, -0.1) is 12.3 Å². The summed E-state index contributed by atoms with van der Waals surface area (Å²) in [5, 5.41) is 0. The fraction of sp³-hybridized carbons (Fsp3) is 0.615. The Labute approximate surface area is 90.7 Å². The lowest BCUT2D eigenvalue weighted by molar-refractivity contribution is -0.116. The van der Waals surface area contributed by atoms with Crippen molar-refractivity contribution in [2.75, 3.05) is 6.61 Å². The van der Waals surface area contributed by atoms with Crippen molar-refractivity contribution in [1.29, 1.82) is 0 Å². The number of allylic oxidation sites excluding steroid dienone is 1. The second kappa shape index (κ2) is 4.63. The fourth-order valence-electron chi connectivity index (χ4n) is 2.36. The summed E-state index contributed by atoms with van der Waals surface area (Å²) in [6, 6.07) is 0. The van der Waals surface area contributed by atoms with E-state index in [1.54, 1.807) is 0 Å². The van der Waals surface area contributed by atoms with E-state index in [-0.39, 0.29) is 17.8 Å². The molecule has 2 aliphatic rings. The molecule has 2 heteroatoms. The van der Waals surface area contributed by atoms with E-state index in [4.69, 9.17) is 11.2 Å². The van der Waals surface area contributed by atoms with Gasteiger partial charge in [0, 0.05) is 30.9 Å². The Morgan fingerprint density at radius 1 is 1.53 bits per heavy atom. The van der Waals surface area contributed by atoms with Gasteiger partial charge in [-0.2, -0.15) is 0 Å². The normalized spacial score (nSPS) is 31.1. The monoisotopic (exact) mass is 204 g/mol. The maximum atomic E-state index is 11.6. The number of carbonyl (C=O) groups is 1. The van der Waals surface area contributed by atoms with E-state index in [1.807, 2.05) is 6.08 Å². The predicted octanol–water partition coefficient (Wildman–Crippen LogP) is 2.09. The second-order valence-corrected chi connectivity index (χ2v) is 4.27. The van der Waals surface area contributed by atoms with Crippen LogP contribution in [0.25, 0.3) is 0 Å². The molecule has 1 aliphatic carbocycles. The van der Waals surface area contributed by atoms with Crippen molar-refractivity contribution in [2.24, 2.45) is 5.92 Å².